The van der Waals surface area contributed by atoms with Crippen LogP contribution >= 0.6 is 0 Å². The molecule has 1 saturated carbocycles. The lowest BCUT2D eigenvalue weighted by Gasteiger charge is -2.48. The normalized spacial score (nSPS) is 32.9. The van der Waals surface area contributed by atoms with E-state index in [1.54, 1.807) is 11.1 Å². The van der Waals surface area contributed by atoms with Crippen molar-refractivity contribution in [3.05, 3.63) is 35.4 Å². The summed E-state index contributed by atoms with van der Waals surface area (Å²) in [5.41, 5.74) is 9.63. The number of hydrogen-bond acceptors (Lipinski definition) is 1. The van der Waals surface area contributed by atoms with Crippen LogP contribution in [0.5, 0.6) is 0 Å². The minimum Gasteiger partial charge on any atom is -0.330 e. The fourth-order valence-electron chi connectivity index (χ4n) is 4.02. The minimum absolute atomic E-state index is 0.326. The van der Waals surface area contributed by atoms with Crippen LogP contribution < -0.4 is 5.73 Å². The summed E-state index contributed by atoms with van der Waals surface area (Å²) in [6.45, 7) is 0.842. The quantitative estimate of drug-likeness (QED) is 0.765. The summed E-state index contributed by atoms with van der Waals surface area (Å²) in [6.07, 6.45) is 8.10. The number of benzene rings is 1. The molecule has 16 heavy (non-hydrogen) atoms. The first-order valence-electron chi connectivity index (χ1n) is 6.65. The van der Waals surface area contributed by atoms with Crippen molar-refractivity contribution in [1.82, 2.24) is 0 Å². The third kappa shape index (κ3) is 1.34. The number of rotatable bonds is 1. The Bertz CT molecular complexity index is 385. The number of fused-ring (bicyclic) bond motifs is 3. The highest BCUT2D eigenvalue weighted by Gasteiger charge is 2.43. The molecule has 0 saturated heterocycles. The van der Waals surface area contributed by atoms with Crippen LogP contribution in [-0.2, 0) is 11.8 Å². The van der Waals surface area contributed by atoms with Crippen LogP contribution in [0.2, 0.25) is 0 Å². The van der Waals surface area contributed by atoms with E-state index in [4.69, 9.17) is 5.73 Å². The van der Waals surface area contributed by atoms with Gasteiger partial charge in [-0.05, 0) is 42.7 Å². The maximum Gasteiger partial charge on any atom is 0.0107 e. The van der Waals surface area contributed by atoms with Crippen molar-refractivity contribution < 1.29 is 0 Å². The van der Waals surface area contributed by atoms with Gasteiger partial charge in [0, 0.05) is 12.0 Å². The number of aryl methyl sites for hydroxylation is 1. The lowest BCUT2D eigenvalue weighted by molar-refractivity contribution is 0.166. The first kappa shape index (κ1) is 10.3. The van der Waals surface area contributed by atoms with E-state index in [2.05, 4.69) is 24.3 Å². The second-order valence-corrected chi connectivity index (χ2v) is 5.50. The van der Waals surface area contributed by atoms with Gasteiger partial charge in [0.1, 0.15) is 0 Å². The zero-order valence-corrected chi connectivity index (χ0v) is 9.91. The Balaban J connectivity index is 2.11. The van der Waals surface area contributed by atoms with Crippen LogP contribution in [0.15, 0.2) is 24.3 Å². The summed E-state index contributed by atoms with van der Waals surface area (Å²) < 4.78 is 0. The highest BCUT2D eigenvalue weighted by molar-refractivity contribution is 5.38. The van der Waals surface area contributed by atoms with E-state index in [0.29, 0.717) is 5.41 Å². The zero-order chi connectivity index (χ0) is 11.0. The lowest BCUT2D eigenvalue weighted by Crippen LogP contribution is -2.47. The van der Waals surface area contributed by atoms with E-state index in [1.165, 1.54) is 38.5 Å². The minimum atomic E-state index is 0.326. The summed E-state index contributed by atoms with van der Waals surface area (Å²) in [5.74, 6) is 0.848. The Labute approximate surface area is 98.0 Å². The van der Waals surface area contributed by atoms with Crippen LogP contribution in [-0.4, -0.2) is 6.54 Å². The zero-order valence-electron chi connectivity index (χ0n) is 9.91. The molecule has 0 amide bonds. The first-order valence-corrected chi connectivity index (χ1v) is 6.65. The highest BCUT2D eigenvalue weighted by atomic mass is 14.6. The summed E-state index contributed by atoms with van der Waals surface area (Å²) >= 11 is 0. The van der Waals surface area contributed by atoms with Crippen molar-refractivity contribution in [3.8, 4) is 0 Å². The fourth-order valence-corrected chi connectivity index (χ4v) is 4.02. The average Bonchev–Trinajstić information content (AvgIpc) is 2.38. The second kappa shape index (κ2) is 3.89. The Kier molecular flexibility index (Phi) is 2.51. The third-order valence-electron chi connectivity index (χ3n) is 4.89. The predicted octanol–water partition coefficient (Wildman–Crippen LogP) is 3.02. The van der Waals surface area contributed by atoms with E-state index in [0.717, 1.165) is 12.5 Å². The molecule has 1 fully saturated rings. The van der Waals surface area contributed by atoms with Gasteiger partial charge < -0.3 is 5.73 Å². The molecular weight excluding hydrogens is 194 g/mol. The molecule has 86 valence electrons. The number of hydrogen-bond donors (Lipinski definition) is 1. The van der Waals surface area contributed by atoms with E-state index in [1.807, 2.05) is 0 Å². The van der Waals surface area contributed by atoms with Gasteiger partial charge in [0.25, 0.3) is 0 Å². The molecule has 2 unspecified atom stereocenters. The molecule has 0 bridgehead atoms. The first-order chi connectivity index (χ1) is 7.87. The second-order valence-electron chi connectivity index (χ2n) is 5.50. The summed E-state index contributed by atoms with van der Waals surface area (Å²) in [5, 5.41) is 0. The van der Waals surface area contributed by atoms with E-state index in [9.17, 15) is 0 Å². The largest absolute Gasteiger partial charge is 0.330 e. The van der Waals surface area contributed by atoms with Gasteiger partial charge in [-0.1, -0.05) is 37.1 Å². The topological polar surface area (TPSA) is 26.0 Å². The SMILES string of the molecule is NCC12CCCCC1CCc1ccccc12. The maximum atomic E-state index is 6.16. The average molecular weight is 215 g/mol. The van der Waals surface area contributed by atoms with Gasteiger partial charge in [0.05, 0.1) is 0 Å². The third-order valence-corrected chi connectivity index (χ3v) is 4.89. The summed E-state index contributed by atoms with van der Waals surface area (Å²) in [6, 6.07) is 9.00. The molecule has 1 aromatic carbocycles. The molecule has 1 heteroatoms. The van der Waals surface area contributed by atoms with E-state index >= 15 is 0 Å². The van der Waals surface area contributed by atoms with Crippen molar-refractivity contribution in [2.45, 2.75) is 43.9 Å². The molecule has 3 rings (SSSR count). The molecule has 0 heterocycles. The summed E-state index contributed by atoms with van der Waals surface area (Å²) in [7, 11) is 0. The summed E-state index contributed by atoms with van der Waals surface area (Å²) in [4.78, 5) is 0. The standard InChI is InChI=1S/C15H21N/c16-11-15-10-4-3-6-13(15)9-8-12-5-1-2-7-14(12)15/h1-2,5,7,13H,3-4,6,8-11,16H2. The molecular formula is C15H21N. The molecule has 2 N–H and O–H groups in total. The highest BCUT2D eigenvalue weighted by Crippen LogP contribution is 2.49. The van der Waals surface area contributed by atoms with Crippen molar-refractivity contribution in [1.29, 1.82) is 0 Å². The molecule has 0 aromatic heterocycles. The van der Waals surface area contributed by atoms with Crippen molar-refractivity contribution >= 4 is 0 Å². The van der Waals surface area contributed by atoms with Gasteiger partial charge in [-0.25, -0.2) is 0 Å². The van der Waals surface area contributed by atoms with Crippen LogP contribution in [0.1, 0.15) is 43.2 Å². The molecule has 2 aliphatic carbocycles. The van der Waals surface area contributed by atoms with Gasteiger partial charge in [0.2, 0.25) is 0 Å². The van der Waals surface area contributed by atoms with Crippen LogP contribution in [0.3, 0.4) is 0 Å². The molecule has 0 spiro atoms. The van der Waals surface area contributed by atoms with Gasteiger partial charge in [0.15, 0.2) is 0 Å². The smallest absolute Gasteiger partial charge is 0.0107 e. The van der Waals surface area contributed by atoms with Crippen molar-refractivity contribution in [2.75, 3.05) is 6.54 Å². The lowest BCUT2D eigenvalue weighted by atomic mass is 9.57. The van der Waals surface area contributed by atoms with Gasteiger partial charge in [-0.3, -0.25) is 0 Å². The van der Waals surface area contributed by atoms with E-state index < -0.39 is 0 Å². The Morgan fingerprint density at radius 1 is 1.19 bits per heavy atom. The fraction of sp³-hybridized carbons (Fsp3) is 0.600. The van der Waals surface area contributed by atoms with Crippen LogP contribution in [0.25, 0.3) is 0 Å². The Morgan fingerprint density at radius 2 is 2.06 bits per heavy atom. The van der Waals surface area contributed by atoms with Gasteiger partial charge >= 0.3 is 0 Å². The molecule has 1 aromatic rings. The van der Waals surface area contributed by atoms with Crippen LogP contribution in [0, 0.1) is 5.92 Å². The van der Waals surface area contributed by atoms with Crippen molar-refractivity contribution in [2.24, 2.45) is 11.7 Å². The maximum absolute atomic E-state index is 6.16. The van der Waals surface area contributed by atoms with E-state index in [-0.39, 0.29) is 0 Å². The van der Waals surface area contributed by atoms with Crippen LogP contribution in [0.4, 0.5) is 0 Å². The monoisotopic (exact) mass is 215 g/mol. The van der Waals surface area contributed by atoms with Gasteiger partial charge in [-0.15, -0.1) is 0 Å². The Hall–Kier alpha value is -0.820. The molecule has 2 atom stereocenters. The van der Waals surface area contributed by atoms with Crippen molar-refractivity contribution in [3.63, 3.8) is 0 Å². The molecule has 0 aliphatic heterocycles. The molecule has 0 radical (unpaired) electrons. The Morgan fingerprint density at radius 3 is 2.94 bits per heavy atom. The predicted molar refractivity (Wildman–Crippen MR) is 67.5 cm³/mol. The van der Waals surface area contributed by atoms with Gasteiger partial charge in [-0.2, -0.15) is 0 Å². The number of nitrogens with two attached hydrogens (primary N) is 1. The molecule has 1 nitrogen and oxygen atoms in total. The molecule has 2 aliphatic rings.